The molecule has 0 atom stereocenters. The van der Waals surface area contributed by atoms with E-state index >= 15 is 0 Å². The molecule has 0 unspecified atom stereocenters. The first-order valence-electron chi connectivity index (χ1n) is 4.15. The van der Waals surface area contributed by atoms with Crippen molar-refractivity contribution in [2.75, 3.05) is 13.3 Å². The van der Waals surface area contributed by atoms with Crippen molar-refractivity contribution in [1.82, 2.24) is 4.90 Å². The minimum absolute atomic E-state index is 0.207. The first-order chi connectivity index (χ1) is 6.65. The minimum Gasteiger partial charge on any atom is -0.277 e. The number of carbonyl (C=O) groups is 2. The lowest BCUT2D eigenvalue weighted by Crippen LogP contribution is -2.24. The van der Waals surface area contributed by atoms with E-state index in [-0.39, 0.29) is 11.8 Å². The Labute approximate surface area is 86.1 Å². The smallest absolute Gasteiger partial charge is 0.261 e. The Bertz CT molecular complexity index is 428. The van der Waals surface area contributed by atoms with Crippen LogP contribution in [0.15, 0.2) is 23.1 Å². The van der Waals surface area contributed by atoms with Gasteiger partial charge in [0.1, 0.15) is 0 Å². The van der Waals surface area contributed by atoms with Crippen LogP contribution in [-0.2, 0) is 0 Å². The molecule has 0 fully saturated rings. The van der Waals surface area contributed by atoms with E-state index < -0.39 is 0 Å². The zero-order chi connectivity index (χ0) is 10.3. The van der Waals surface area contributed by atoms with Gasteiger partial charge >= 0.3 is 0 Å². The van der Waals surface area contributed by atoms with Gasteiger partial charge in [0.2, 0.25) is 0 Å². The maximum atomic E-state index is 11.6. The molecule has 1 aliphatic rings. The summed E-state index contributed by atoms with van der Waals surface area (Å²) >= 11 is 1.56. The first kappa shape index (κ1) is 9.27. The number of rotatable bonds is 1. The summed E-state index contributed by atoms with van der Waals surface area (Å²) in [5.41, 5.74) is 1.03. The van der Waals surface area contributed by atoms with Gasteiger partial charge in [0.25, 0.3) is 11.8 Å². The summed E-state index contributed by atoms with van der Waals surface area (Å²) in [6, 6.07) is 5.34. The topological polar surface area (TPSA) is 37.4 Å². The number of carbonyl (C=O) groups excluding carboxylic acids is 2. The van der Waals surface area contributed by atoms with E-state index in [1.165, 1.54) is 7.05 Å². The first-order valence-corrected chi connectivity index (χ1v) is 5.38. The molecule has 4 heteroatoms. The molecule has 0 radical (unpaired) electrons. The molecule has 1 aromatic carbocycles. The molecule has 2 amide bonds. The van der Waals surface area contributed by atoms with Crippen LogP contribution in [0, 0.1) is 0 Å². The Balaban J connectivity index is 2.59. The molecule has 0 N–H and O–H groups in total. The Kier molecular flexibility index (Phi) is 2.07. The lowest BCUT2D eigenvalue weighted by atomic mass is 10.1. The molecule has 0 aliphatic carbocycles. The third-order valence-corrected chi connectivity index (χ3v) is 3.02. The van der Waals surface area contributed by atoms with Crippen LogP contribution in [0.3, 0.4) is 0 Å². The normalized spacial score (nSPS) is 14.9. The standard InChI is InChI=1S/C10H9NO2S/c1-11-9(12)7-4-3-6(14-2)5-8(7)10(11)13/h3-5H,1-2H3. The number of benzene rings is 1. The Morgan fingerprint density at radius 1 is 1.14 bits per heavy atom. The summed E-state index contributed by atoms with van der Waals surface area (Å²) in [6.07, 6.45) is 1.94. The highest BCUT2D eigenvalue weighted by atomic mass is 32.2. The van der Waals surface area contributed by atoms with E-state index in [4.69, 9.17) is 0 Å². The number of thioether (sulfide) groups is 1. The van der Waals surface area contributed by atoms with E-state index in [0.717, 1.165) is 9.80 Å². The van der Waals surface area contributed by atoms with Crippen molar-refractivity contribution in [2.45, 2.75) is 4.90 Å². The SMILES string of the molecule is CSc1ccc2c(c1)C(=O)N(C)C2=O. The van der Waals surface area contributed by atoms with E-state index in [9.17, 15) is 9.59 Å². The van der Waals surface area contributed by atoms with Crippen LogP contribution in [0.5, 0.6) is 0 Å². The van der Waals surface area contributed by atoms with Gasteiger partial charge in [0.05, 0.1) is 11.1 Å². The second-order valence-corrected chi connectivity index (χ2v) is 3.96. The summed E-state index contributed by atoms with van der Waals surface area (Å²) in [5, 5.41) is 0. The highest BCUT2D eigenvalue weighted by molar-refractivity contribution is 7.98. The van der Waals surface area contributed by atoms with Crippen molar-refractivity contribution in [1.29, 1.82) is 0 Å². The van der Waals surface area contributed by atoms with Crippen LogP contribution in [0.2, 0.25) is 0 Å². The maximum absolute atomic E-state index is 11.6. The largest absolute Gasteiger partial charge is 0.277 e. The van der Waals surface area contributed by atoms with E-state index in [1.54, 1.807) is 23.9 Å². The Morgan fingerprint density at radius 2 is 1.79 bits per heavy atom. The third-order valence-electron chi connectivity index (χ3n) is 2.30. The monoisotopic (exact) mass is 207 g/mol. The molecular weight excluding hydrogens is 198 g/mol. The van der Waals surface area contributed by atoms with Gasteiger partial charge in [-0.15, -0.1) is 11.8 Å². The second-order valence-electron chi connectivity index (χ2n) is 3.08. The lowest BCUT2D eigenvalue weighted by Gasteiger charge is -2.02. The van der Waals surface area contributed by atoms with Crippen LogP contribution < -0.4 is 0 Å². The van der Waals surface area contributed by atoms with Crippen molar-refractivity contribution in [2.24, 2.45) is 0 Å². The van der Waals surface area contributed by atoms with Crippen molar-refractivity contribution in [3.8, 4) is 0 Å². The average molecular weight is 207 g/mol. The molecular formula is C10H9NO2S. The Hall–Kier alpha value is -1.29. The molecule has 0 spiro atoms. The van der Waals surface area contributed by atoms with Crippen LogP contribution in [-0.4, -0.2) is 30.0 Å². The number of imide groups is 1. The van der Waals surface area contributed by atoms with Crippen molar-refractivity contribution < 1.29 is 9.59 Å². The van der Waals surface area contributed by atoms with Gasteiger partial charge in [0.15, 0.2) is 0 Å². The van der Waals surface area contributed by atoms with Gasteiger partial charge < -0.3 is 0 Å². The van der Waals surface area contributed by atoms with Gasteiger partial charge in [0, 0.05) is 11.9 Å². The third kappa shape index (κ3) is 1.14. The highest BCUT2D eigenvalue weighted by Gasteiger charge is 2.32. The van der Waals surface area contributed by atoms with Gasteiger partial charge in [-0.2, -0.15) is 0 Å². The fraction of sp³-hybridized carbons (Fsp3) is 0.200. The van der Waals surface area contributed by atoms with E-state index in [1.807, 2.05) is 12.3 Å². The molecule has 1 aromatic rings. The van der Waals surface area contributed by atoms with Gasteiger partial charge in [-0.05, 0) is 24.5 Å². The number of amides is 2. The zero-order valence-electron chi connectivity index (χ0n) is 7.90. The predicted octanol–water partition coefficient (Wildman–Crippen LogP) is 1.63. The van der Waals surface area contributed by atoms with Crippen LogP contribution in [0.1, 0.15) is 20.7 Å². The van der Waals surface area contributed by atoms with Gasteiger partial charge in [-0.25, -0.2) is 0 Å². The summed E-state index contributed by atoms with van der Waals surface area (Å²) in [7, 11) is 1.50. The molecule has 2 rings (SSSR count). The van der Waals surface area contributed by atoms with Crippen molar-refractivity contribution >= 4 is 23.6 Å². The number of fused-ring (bicyclic) bond motifs is 1. The zero-order valence-corrected chi connectivity index (χ0v) is 8.72. The summed E-state index contributed by atoms with van der Waals surface area (Å²) in [5.74, 6) is -0.418. The summed E-state index contributed by atoms with van der Waals surface area (Å²) < 4.78 is 0. The molecule has 3 nitrogen and oxygen atoms in total. The van der Waals surface area contributed by atoms with E-state index in [0.29, 0.717) is 11.1 Å². The maximum Gasteiger partial charge on any atom is 0.261 e. The molecule has 1 aliphatic heterocycles. The van der Waals surface area contributed by atoms with E-state index in [2.05, 4.69) is 0 Å². The molecule has 0 bridgehead atoms. The fourth-order valence-corrected chi connectivity index (χ4v) is 1.91. The van der Waals surface area contributed by atoms with Crippen molar-refractivity contribution in [3.05, 3.63) is 29.3 Å². The van der Waals surface area contributed by atoms with Crippen LogP contribution in [0.4, 0.5) is 0 Å². The highest BCUT2D eigenvalue weighted by Crippen LogP contribution is 2.25. The van der Waals surface area contributed by atoms with Gasteiger partial charge in [-0.1, -0.05) is 0 Å². The predicted molar refractivity (Wildman–Crippen MR) is 54.6 cm³/mol. The molecule has 1 heterocycles. The number of nitrogens with zero attached hydrogens (tertiary/aromatic N) is 1. The molecule has 0 saturated carbocycles. The molecule has 0 aromatic heterocycles. The lowest BCUT2D eigenvalue weighted by molar-refractivity contribution is 0.0693. The van der Waals surface area contributed by atoms with Gasteiger partial charge in [-0.3, -0.25) is 14.5 Å². The van der Waals surface area contributed by atoms with Crippen LogP contribution in [0.25, 0.3) is 0 Å². The fourth-order valence-electron chi connectivity index (χ4n) is 1.47. The molecule has 14 heavy (non-hydrogen) atoms. The quantitative estimate of drug-likeness (QED) is 0.519. The number of hydrogen-bond acceptors (Lipinski definition) is 3. The number of hydrogen-bond donors (Lipinski definition) is 0. The van der Waals surface area contributed by atoms with Crippen molar-refractivity contribution in [3.63, 3.8) is 0 Å². The van der Waals surface area contributed by atoms with Crippen LogP contribution >= 0.6 is 11.8 Å². The summed E-state index contributed by atoms with van der Waals surface area (Å²) in [4.78, 5) is 25.2. The molecule has 72 valence electrons. The minimum atomic E-state index is -0.211. The second kappa shape index (κ2) is 3.13. The Morgan fingerprint density at radius 3 is 2.43 bits per heavy atom. The molecule has 0 saturated heterocycles. The summed E-state index contributed by atoms with van der Waals surface area (Å²) in [6.45, 7) is 0. The average Bonchev–Trinajstić information content (AvgIpc) is 2.44.